The number of halogens is 3. The van der Waals surface area contributed by atoms with Gasteiger partial charge in [0.2, 0.25) is 5.91 Å². The lowest BCUT2D eigenvalue weighted by atomic mass is 10.2. The van der Waals surface area contributed by atoms with E-state index >= 15 is 0 Å². The van der Waals surface area contributed by atoms with Gasteiger partial charge in [0, 0.05) is 6.54 Å². The first kappa shape index (κ1) is 16.0. The zero-order chi connectivity index (χ0) is 14.3. The highest BCUT2D eigenvalue weighted by atomic mass is 19.4. The lowest BCUT2D eigenvalue weighted by Crippen LogP contribution is -2.48. The summed E-state index contributed by atoms with van der Waals surface area (Å²) in [6, 6.07) is -2.69. The topological polar surface area (TPSA) is 122 Å². The average molecular weight is 271 g/mol. The minimum atomic E-state index is -4.42. The van der Waals surface area contributed by atoms with Gasteiger partial charge in [-0.25, -0.2) is 9.59 Å². The fourth-order valence-electron chi connectivity index (χ4n) is 0.928. The van der Waals surface area contributed by atoms with Crippen molar-refractivity contribution in [3.8, 4) is 0 Å². The second-order valence-corrected chi connectivity index (χ2v) is 3.33. The van der Waals surface area contributed by atoms with Gasteiger partial charge in [-0.3, -0.25) is 4.79 Å². The highest BCUT2D eigenvalue weighted by Crippen LogP contribution is 2.17. The minimum absolute atomic E-state index is 0.651. The molecule has 0 aromatic rings. The monoisotopic (exact) mass is 271 g/mol. The lowest BCUT2D eigenvalue weighted by Gasteiger charge is -2.14. The zero-order valence-corrected chi connectivity index (χ0v) is 9.08. The summed E-state index contributed by atoms with van der Waals surface area (Å²) < 4.78 is 35.2. The van der Waals surface area contributed by atoms with Gasteiger partial charge in [-0.15, -0.1) is 0 Å². The van der Waals surface area contributed by atoms with Crippen molar-refractivity contribution in [1.82, 2.24) is 10.6 Å². The van der Waals surface area contributed by atoms with Gasteiger partial charge in [0.1, 0.15) is 6.04 Å². The Morgan fingerprint density at radius 3 is 2.22 bits per heavy atom. The van der Waals surface area contributed by atoms with E-state index in [0.717, 1.165) is 0 Å². The number of nitrogens with one attached hydrogen (secondary N) is 2. The summed E-state index contributed by atoms with van der Waals surface area (Å²) in [6.07, 6.45) is -6.32. The summed E-state index contributed by atoms with van der Waals surface area (Å²) in [6.45, 7) is -0.696. The number of rotatable bonds is 6. The quantitative estimate of drug-likeness (QED) is 0.523. The summed E-state index contributed by atoms with van der Waals surface area (Å²) in [5, 5.41) is 12.2. The van der Waals surface area contributed by atoms with E-state index in [4.69, 9.17) is 10.8 Å². The normalized spacial score (nSPS) is 12.6. The molecule has 3 amide bonds. The number of aliphatic carboxylic acids is 1. The number of urea groups is 1. The highest BCUT2D eigenvalue weighted by molar-refractivity contribution is 5.87. The predicted molar refractivity (Wildman–Crippen MR) is 52.4 cm³/mol. The Kier molecular flexibility index (Phi) is 5.93. The zero-order valence-electron chi connectivity index (χ0n) is 9.08. The second kappa shape index (κ2) is 6.67. The molecular weight excluding hydrogens is 259 g/mol. The number of carboxylic acid groups (broad SMARTS) is 1. The fourth-order valence-corrected chi connectivity index (χ4v) is 0.928. The Bertz CT molecular complexity index is 332. The third kappa shape index (κ3) is 8.19. The van der Waals surface area contributed by atoms with Crippen LogP contribution < -0.4 is 16.4 Å². The molecule has 0 fully saturated rings. The van der Waals surface area contributed by atoms with Gasteiger partial charge in [0.05, 0.1) is 12.8 Å². The maximum Gasteiger partial charge on any atom is 0.390 e. The van der Waals surface area contributed by atoms with Crippen molar-refractivity contribution in [3.05, 3.63) is 0 Å². The van der Waals surface area contributed by atoms with Gasteiger partial charge in [0.15, 0.2) is 0 Å². The SMILES string of the molecule is NC(=O)CC(NC(=O)NCCC(F)(F)F)C(=O)O. The van der Waals surface area contributed by atoms with Crippen molar-refractivity contribution in [3.63, 3.8) is 0 Å². The number of hydrogen-bond donors (Lipinski definition) is 4. The number of nitrogens with two attached hydrogens (primary N) is 1. The van der Waals surface area contributed by atoms with E-state index < -0.39 is 49.5 Å². The van der Waals surface area contributed by atoms with Gasteiger partial charge < -0.3 is 21.5 Å². The van der Waals surface area contributed by atoms with E-state index in [0.29, 0.717) is 0 Å². The van der Waals surface area contributed by atoms with Crippen LogP contribution in [0.2, 0.25) is 0 Å². The molecule has 0 aliphatic heterocycles. The Hall–Kier alpha value is -2.00. The van der Waals surface area contributed by atoms with Crippen molar-refractivity contribution in [2.75, 3.05) is 6.54 Å². The predicted octanol–water partition coefficient (Wildman–Crippen LogP) is -0.433. The van der Waals surface area contributed by atoms with E-state index in [-0.39, 0.29) is 0 Å². The van der Waals surface area contributed by atoms with Crippen LogP contribution in [0.1, 0.15) is 12.8 Å². The molecule has 0 aromatic carbocycles. The summed E-state index contributed by atoms with van der Waals surface area (Å²) in [4.78, 5) is 32.1. The standard InChI is InChI=1S/C8H12F3N3O4/c9-8(10,11)1-2-13-7(18)14-4(6(16)17)3-5(12)15/h4H,1-3H2,(H2,12,15)(H,16,17)(H2,13,14,18). The first-order chi connectivity index (χ1) is 8.11. The molecule has 0 aliphatic carbocycles. The van der Waals surface area contributed by atoms with E-state index in [2.05, 4.69) is 0 Å². The molecule has 10 heteroatoms. The smallest absolute Gasteiger partial charge is 0.390 e. The van der Waals surface area contributed by atoms with E-state index in [1.807, 2.05) is 10.6 Å². The largest absolute Gasteiger partial charge is 0.480 e. The van der Waals surface area contributed by atoms with Crippen LogP contribution in [0.15, 0.2) is 0 Å². The first-order valence-electron chi connectivity index (χ1n) is 4.74. The molecule has 0 saturated carbocycles. The summed E-state index contributed by atoms with van der Waals surface area (Å²) in [5.74, 6) is -2.47. The molecule has 0 rings (SSSR count). The molecule has 0 spiro atoms. The fraction of sp³-hybridized carbons (Fsp3) is 0.625. The first-order valence-corrected chi connectivity index (χ1v) is 4.74. The van der Waals surface area contributed by atoms with Gasteiger partial charge in [0.25, 0.3) is 0 Å². The van der Waals surface area contributed by atoms with Gasteiger partial charge in [-0.2, -0.15) is 13.2 Å². The molecule has 0 radical (unpaired) electrons. The number of amides is 3. The van der Waals surface area contributed by atoms with Crippen LogP contribution in [0.25, 0.3) is 0 Å². The Morgan fingerprint density at radius 2 is 1.83 bits per heavy atom. The number of carbonyl (C=O) groups excluding carboxylic acids is 2. The van der Waals surface area contributed by atoms with Gasteiger partial charge in [-0.05, 0) is 0 Å². The molecular formula is C8H12F3N3O4. The Labute approximate surface area is 99.5 Å². The van der Waals surface area contributed by atoms with Crippen LogP contribution in [0, 0.1) is 0 Å². The van der Waals surface area contributed by atoms with E-state index in [1.165, 1.54) is 0 Å². The van der Waals surface area contributed by atoms with Crippen LogP contribution in [-0.2, 0) is 9.59 Å². The average Bonchev–Trinajstić information content (AvgIpc) is 2.13. The van der Waals surface area contributed by atoms with Crippen LogP contribution in [0.3, 0.4) is 0 Å². The molecule has 0 aliphatic rings. The van der Waals surface area contributed by atoms with Crippen LogP contribution >= 0.6 is 0 Å². The molecule has 1 atom stereocenters. The highest BCUT2D eigenvalue weighted by Gasteiger charge is 2.27. The lowest BCUT2D eigenvalue weighted by molar-refractivity contribution is -0.141. The van der Waals surface area contributed by atoms with Crippen molar-refractivity contribution in [2.24, 2.45) is 5.73 Å². The maximum absolute atomic E-state index is 11.7. The van der Waals surface area contributed by atoms with Crippen molar-refractivity contribution in [1.29, 1.82) is 0 Å². The number of carbonyl (C=O) groups is 3. The molecule has 5 N–H and O–H groups in total. The molecule has 7 nitrogen and oxygen atoms in total. The van der Waals surface area contributed by atoms with Crippen molar-refractivity contribution < 1.29 is 32.7 Å². The third-order valence-electron chi connectivity index (χ3n) is 1.70. The van der Waals surface area contributed by atoms with Crippen LogP contribution in [0.4, 0.5) is 18.0 Å². The number of alkyl halides is 3. The van der Waals surface area contributed by atoms with Crippen LogP contribution in [0.5, 0.6) is 0 Å². The van der Waals surface area contributed by atoms with Gasteiger partial charge in [-0.1, -0.05) is 0 Å². The number of carboxylic acids is 1. The molecule has 0 saturated heterocycles. The second-order valence-electron chi connectivity index (χ2n) is 3.33. The molecule has 0 bridgehead atoms. The molecule has 18 heavy (non-hydrogen) atoms. The molecule has 0 heterocycles. The van der Waals surface area contributed by atoms with Crippen LogP contribution in [-0.4, -0.2) is 41.8 Å². The minimum Gasteiger partial charge on any atom is -0.480 e. The molecule has 0 aromatic heterocycles. The summed E-state index contributed by atoms with van der Waals surface area (Å²) >= 11 is 0. The Balaban J connectivity index is 4.11. The number of hydrogen-bond acceptors (Lipinski definition) is 3. The van der Waals surface area contributed by atoms with Crippen molar-refractivity contribution >= 4 is 17.9 Å². The summed E-state index contributed by atoms with van der Waals surface area (Å²) in [7, 11) is 0. The molecule has 104 valence electrons. The summed E-state index contributed by atoms with van der Waals surface area (Å²) in [5.41, 5.74) is 4.74. The van der Waals surface area contributed by atoms with Gasteiger partial charge >= 0.3 is 18.2 Å². The van der Waals surface area contributed by atoms with E-state index in [9.17, 15) is 27.6 Å². The van der Waals surface area contributed by atoms with Crippen molar-refractivity contribution in [2.45, 2.75) is 25.1 Å². The Morgan fingerprint density at radius 1 is 1.28 bits per heavy atom. The number of primary amides is 1. The third-order valence-corrected chi connectivity index (χ3v) is 1.70. The maximum atomic E-state index is 11.7. The molecule has 1 unspecified atom stereocenters. The van der Waals surface area contributed by atoms with E-state index in [1.54, 1.807) is 0 Å².